The molecule has 1 aromatic carbocycles. The maximum absolute atomic E-state index is 11.3. The zero-order valence-electron chi connectivity index (χ0n) is 12.0. The Balaban J connectivity index is 2.05. The fraction of sp³-hybridized carbons (Fsp3) is 0.286. The molecule has 0 amide bonds. The van der Waals surface area contributed by atoms with Gasteiger partial charge in [-0.25, -0.2) is 4.79 Å². The first-order valence-corrected chi connectivity index (χ1v) is 6.62. The molecule has 0 aliphatic heterocycles. The van der Waals surface area contributed by atoms with E-state index in [0.29, 0.717) is 17.3 Å². The molecular weight excluding hydrogens is 270 g/mol. The van der Waals surface area contributed by atoms with Crippen LogP contribution < -0.4 is 10.6 Å². The van der Waals surface area contributed by atoms with Crippen LogP contribution in [0.4, 0.5) is 17.5 Å². The van der Waals surface area contributed by atoms with Crippen LogP contribution in [0.15, 0.2) is 30.5 Å². The van der Waals surface area contributed by atoms with Crippen molar-refractivity contribution in [3.8, 4) is 0 Å². The summed E-state index contributed by atoms with van der Waals surface area (Å²) in [6.07, 6.45) is 2.52. The van der Waals surface area contributed by atoms with Crippen LogP contribution in [0, 0.1) is 0 Å². The van der Waals surface area contributed by atoms with E-state index < -0.39 is 0 Å². The van der Waals surface area contributed by atoms with Gasteiger partial charge in [-0.2, -0.15) is 10.1 Å². The highest BCUT2D eigenvalue weighted by molar-refractivity contribution is 5.89. The lowest BCUT2D eigenvalue weighted by Gasteiger charge is -2.07. The molecule has 1 aromatic heterocycles. The highest BCUT2D eigenvalue weighted by atomic mass is 16.5. The number of benzene rings is 1. The molecule has 2 aromatic rings. The number of methoxy groups -OCH3 is 1. The van der Waals surface area contributed by atoms with Crippen LogP contribution in [0.5, 0.6) is 0 Å². The zero-order chi connectivity index (χ0) is 15.1. The van der Waals surface area contributed by atoms with Crippen LogP contribution in [0.2, 0.25) is 0 Å². The summed E-state index contributed by atoms with van der Waals surface area (Å²) < 4.78 is 4.65. The van der Waals surface area contributed by atoms with Crippen molar-refractivity contribution < 1.29 is 9.53 Å². The molecule has 0 saturated carbocycles. The number of carbonyl (C=O) groups is 1. The van der Waals surface area contributed by atoms with E-state index in [1.165, 1.54) is 13.3 Å². The Morgan fingerprint density at radius 1 is 1.29 bits per heavy atom. The van der Waals surface area contributed by atoms with Gasteiger partial charge in [-0.1, -0.05) is 6.92 Å². The van der Waals surface area contributed by atoms with Crippen LogP contribution in [-0.2, 0) is 4.74 Å². The van der Waals surface area contributed by atoms with Crippen molar-refractivity contribution in [3.05, 3.63) is 36.0 Å². The van der Waals surface area contributed by atoms with Gasteiger partial charge >= 0.3 is 5.97 Å². The molecule has 0 radical (unpaired) electrons. The topological polar surface area (TPSA) is 89.0 Å². The second kappa shape index (κ2) is 7.18. The van der Waals surface area contributed by atoms with Gasteiger partial charge in [-0.05, 0) is 30.7 Å². The van der Waals surface area contributed by atoms with Gasteiger partial charge in [0.15, 0.2) is 5.82 Å². The number of carbonyl (C=O) groups excluding carboxylic acids is 1. The van der Waals surface area contributed by atoms with Gasteiger partial charge in [0.1, 0.15) is 0 Å². The molecule has 1 heterocycles. The first-order valence-electron chi connectivity index (χ1n) is 6.62. The molecule has 110 valence electrons. The van der Waals surface area contributed by atoms with Gasteiger partial charge < -0.3 is 15.4 Å². The van der Waals surface area contributed by atoms with E-state index in [1.54, 1.807) is 24.3 Å². The summed E-state index contributed by atoms with van der Waals surface area (Å²) in [5.41, 5.74) is 1.29. The van der Waals surface area contributed by atoms with Crippen molar-refractivity contribution in [3.63, 3.8) is 0 Å². The van der Waals surface area contributed by atoms with Crippen LogP contribution >= 0.6 is 0 Å². The number of ether oxygens (including phenoxy) is 1. The molecule has 0 unspecified atom stereocenters. The van der Waals surface area contributed by atoms with E-state index in [2.05, 4.69) is 37.5 Å². The number of anilines is 3. The lowest BCUT2D eigenvalue weighted by Crippen LogP contribution is -2.07. The summed E-state index contributed by atoms with van der Waals surface area (Å²) in [5.74, 6) is 0.693. The summed E-state index contributed by atoms with van der Waals surface area (Å²) in [6, 6.07) is 6.90. The van der Waals surface area contributed by atoms with E-state index in [4.69, 9.17) is 0 Å². The van der Waals surface area contributed by atoms with Crippen LogP contribution in [-0.4, -0.2) is 34.8 Å². The fourth-order valence-corrected chi connectivity index (χ4v) is 1.63. The molecule has 0 aliphatic rings. The van der Waals surface area contributed by atoms with Gasteiger partial charge in [-0.3, -0.25) is 0 Å². The summed E-state index contributed by atoms with van der Waals surface area (Å²) in [7, 11) is 1.35. The minimum Gasteiger partial charge on any atom is -0.465 e. The molecule has 0 fully saturated rings. The number of aromatic nitrogens is 3. The average molecular weight is 287 g/mol. The van der Waals surface area contributed by atoms with Crippen LogP contribution in [0.25, 0.3) is 0 Å². The monoisotopic (exact) mass is 287 g/mol. The number of rotatable bonds is 6. The molecule has 0 saturated heterocycles. The van der Waals surface area contributed by atoms with Crippen LogP contribution in [0.1, 0.15) is 23.7 Å². The standard InChI is InChI=1S/C14H17N5O2/c1-3-8-15-14-18-12(9-16-19-14)17-11-6-4-10(5-7-11)13(20)21-2/h4-7,9H,3,8H2,1-2H3,(H2,15,17,18,19). The lowest BCUT2D eigenvalue weighted by molar-refractivity contribution is 0.0601. The maximum atomic E-state index is 11.3. The van der Waals surface area contributed by atoms with Crippen molar-refractivity contribution >= 4 is 23.4 Å². The molecule has 2 rings (SSSR count). The smallest absolute Gasteiger partial charge is 0.337 e. The Labute approximate surface area is 122 Å². The first kappa shape index (κ1) is 14.7. The average Bonchev–Trinajstić information content (AvgIpc) is 2.53. The molecule has 0 aliphatic carbocycles. The Morgan fingerprint density at radius 3 is 2.71 bits per heavy atom. The van der Waals surface area contributed by atoms with Gasteiger partial charge in [0.05, 0.1) is 18.9 Å². The molecule has 0 bridgehead atoms. The Hall–Kier alpha value is -2.70. The summed E-state index contributed by atoms with van der Waals surface area (Å²) in [4.78, 5) is 15.6. The number of esters is 1. The fourth-order valence-electron chi connectivity index (χ4n) is 1.63. The third-order valence-corrected chi connectivity index (χ3v) is 2.67. The van der Waals surface area contributed by atoms with E-state index in [1.807, 2.05) is 0 Å². The van der Waals surface area contributed by atoms with Gasteiger partial charge in [0.25, 0.3) is 0 Å². The van der Waals surface area contributed by atoms with E-state index in [-0.39, 0.29) is 5.97 Å². The predicted octanol–water partition coefficient (Wildman–Crippen LogP) is 2.22. The molecule has 0 spiro atoms. The largest absolute Gasteiger partial charge is 0.465 e. The van der Waals surface area contributed by atoms with E-state index in [9.17, 15) is 4.79 Å². The quantitative estimate of drug-likeness (QED) is 0.787. The minimum absolute atomic E-state index is 0.365. The van der Waals surface area contributed by atoms with Crippen molar-refractivity contribution in [2.75, 3.05) is 24.3 Å². The number of hydrogen-bond acceptors (Lipinski definition) is 7. The number of nitrogens with zero attached hydrogens (tertiary/aromatic N) is 3. The molecular formula is C14H17N5O2. The maximum Gasteiger partial charge on any atom is 0.337 e. The summed E-state index contributed by atoms with van der Waals surface area (Å²) in [5, 5.41) is 13.9. The SMILES string of the molecule is CCCNc1nncc(Nc2ccc(C(=O)OC)cc2)n1. The lowest BCUT2D eigenvalue weighted by atomic mass is 10.2. The minimum atomic E-state index is -0.365. The van der Waals surface area contributed by atoms with Gasteiger partial charge in [-0.15, -0.1) is 5.10 Å². The predicted molar refractivity (Wildman–Crippen MR) is 79.7 cm³/mol. The zero-order valence-corrected chi connectivity index (χ0v) is 12.0. The Bertz CT molecular complexity index is 601. The molecule has 7 nitrogen and oxygen atoms in total. The third-order valence-electron chi connectivity index (χ3n) is 2.67. The van der Waals surface area contributed by atoms with E-state index >= 15 is 0 Å². The second-order valence-electron chi connectivity index (χ2n) is 4.29. The van der Waals surface area contributed by atoms with Gasteiger partial charge in [0, 0.05) is 12.2 Å². The Morgan fingerprint density at radius 2 is 2.05 bits per heavy atom. The third kappa shape index (κ3) is 4.13. The normalized spacial score (nSPS) is 10.0. The first-order chi connectivity index (χ1) is 10.2. The summed E-state index contributed by atoms with van der Waals surface area (Å²) in [6.45, 7) is 2.85. The highest BCUT2D eigenvalue weighted by Gasteiger charge is 2.05. The molecule has 21 heavy (non-hydrogen) atoms. The molecule has 2 N–H and O–H groups in total. The van der Waals surface area contributed by atoms with Crippen molar-refractivity contribution in [2.45, 2.75) is 13.3 Å². The van der Waals surface area contributed by atoms with Crippen LogP contribution in [0.3, 0.4) is 0 Å². The summed E-state index contributed by atoms with van der Waals surface area (Å²) >= 11 is 0. The molecule has 0 atom stereocenters. The van der Waals surface area contributed by atoms with Crippen molar-refractivity contribution in [1.82, 2.24) is 15.2 Å². The van der Waals surface area contributed by atoms with E-state index in [0.717, 1.165) is 18.7 Å². The highest BCUT2D eigenvalue weighted by Crippen LogP contribution is 2.15. The second-order valence-corrected chi connectivity index (χ2v) is 4.29. The molecule has 7 heteroatoms. The number of hydrogen-bond donors (Lipinski definition) is 2. The number of nitrogens with one attached hydrogen (secondary N) is 2. The van der Waals surface area contributed by atoms with Crippen molar-refractivity contribution in [1.29, 1.82) is 0 Å². The Kier molecular flexibility index (Phi) is 5.03. The van der Waals surface area contributed by atoms with Crippen molar-refractivity contribution in [2.24, 2.45) is 0 Å². The van der Waals surface area contributed by atoms with Gasteiger partial charge in [0.2, 0.25) is 5.95 Å².